The predicted molar refractivity (Wildman–Crippen MR) is 134 cm³/mol. The van der Waals surface area contributed by atoms with Crippen LogP contribution in [0.4, 0.5) is 0 Å². The highest BCUT2D eigenvalue weighted by molar-refractivity contribution is 6.31. The molecule has 0 heterocycles. The molecule has 2 N–H and O–H groups in total. The van der Waals surface area contributed by atoms with Crippen LogP contribution in [0.25, 0.3) is 0 Å². The molecular weight excluding hydrogens is 446 g/mol. The number of amides is 1. The van der Waals surface area contributed by atoms with Crippen molar-refractivity contribution in [3.63, 3.8) is 0 Å². The lowest BCUT2D eigenvalue weighted by Crippen LogP contribution is -2.52. The van der Waals surface area contributed by atoms with Gasteiger partial charge in [0.25, 0.3) is 0 Å². The van der Waals surface area contributed by atoms with E-state index in [2.05, 4.69) is 5.32 Å². The van der Waals surface area contributed by atoms with Crippen LogP contribution in [0, 0.1) is 0 Å². The van der Waals surface area contributed by atoms with Gasteiger partial charge in [0.15, 0.2) is 0 Å². The fourth-order valence-corrected chi connectivity index (χ4v) is 4.52. The monoisotopic (exact) mass is 469 g/mol. The molecule has 0 bridgehead atoms. The van der Waals surface area contributed by atoms with Gasteiger partial charge in [-0.25, -0.2) is 4.79 Å². The first-order valence-electron chi connectivity index (χ1n) is 11.0. The minimum Gasteiger partial charge on any atom is -0.480 e. The summed E-state index contributed by atoms with van der Waals surface area (Å²) in [7, 11) is 0. The highest BCUT2D eigenvalue weighted by Crippen LogP contribution is 2.39. The van der Waals surface area contributed by atoms with Gasteiger partial charge in [-0.3, -0.25) is 4.79 Å². The van der Waals surface area contributed by atoms with Crippen LogP contribution in [0.2, 0.25) is 5.02 Å². The molecule has 0 radical (unpaired) electrons. The van der Waals surface area contributed by atoms with Gasteiger partial charge in [-0.1, -0.05) is 121 Å². The second-order valence-electron chi connectivity index (χ2n) is 8.01. The highest BCUT2D eigenvalue weighted by atomic mass is 35.5. The van der Waals surface area contributed by atoms with Gasteiger partial charge in [-0.2, -0.15) is 0 Å². The summed E-state index contributed by atoms with van der Waals surface area (Å²) in [4.78, 5) is 26.5. The molecule has 1 amide bonds. The normalized spacial score (nSPS) is 12.0. The number of rotatable bonds is 8. The molecule has 0 saturated heterocycles. The largest absolute Gasteiger partial charge is 0.480 e. The van der Waals surface area contributed by atoms with Crippen LogP contribution in [-0.4, -0.2) is 23.0 Å². The van der Waals surface area contributed by atoms with Gasteiger partial charge in [-0.05, 0) is 28.3 Å². The van der Waals surface area contributed by atoms with E-state index in [0.29, 0.717) is 10.6 Å². The molecule has 0 fully saturated rings. The second-order valence-corrected chi connectivity index (χ2v) is 8.42. The Kier molecular flexibility index (Phi) is 7.09. The summed E-state index contributed by atoms with van der Waals surface area (Å²) in [5.41, 5.74) is 1.63. The predicted octanol–water partition coefficient (Wildman–Crippen LogP) is 5.49. The Hall–Kier alpha value is -3.89. The first kappa shape index (κ1) is 23.3. The molecule has 5 heteroatoms. The number of carboxylic acids is 1. The Morgan fingerprint density at radius 1 is 0.706 bits per heavy atom. The summed E-state index contributed by atoms with van der Waals surface area (Å²) in [6, 6.07) is 34.2. The highest BCUT2D eigenvalue weighted by Gasteiger charge is 2.45. The molecule has 4 aromatic carbocycles. The van der Waals surface area contributed by atoms with Gasteiger partial charge < -0.3 is 10.4 Å². The number of carbonyl (C=O) groups is 2. The maximum Gasteiger partial charge on any atom is 0.326 e. The van der Waals surface area contributed by atoms with Gasteiger partial charge >= 0.3 is 5.97 Å². The lowest BCUT2D eigenvalue weighted by molar-refractivity contribution is -0.142. The Bertz CT molecular complexity index is 1160. The Morgan fingerprint density at radius 3 is 1.53 bits per heavy atom. The van der Waals surface area contributed by atoms with Crippen LogP contribution < -0.4 is 5.32 Å². The third kappa shape index (κ3) is 4.59. The summed E-state index contributed by atoms with van der Waals surface area (Å²) in [5, 5.41) is 13.3. The van der Waals surface area contributed by atoms with E-state index in [4.69, 9.17) is 11.6 Å². The van der Waals surface area contributed by atoms with E-state index >= 15 is 0 Å². The lowest BCUT2D eigenvalue weighted by Gasteiger charge is -2.35. The van der Waals surface area contributed by atoms with Gasteiger partial charge in [0.1, 0.15) is 11.5 Å². The van der Waals surface area contributed by atoms with Gasteiger partial charge in [0.05, 0.1) is 0 Å². The molecule has 34 heavy (non-hydrogen) atoms. The number of hydrogen-bond acceptors (Lipinski definition) is 2. The standard InChI is InChI=1S/C29H24ClNO3/c30-25-19-11-10-12-21(25)20-26(27(32)33)31-28(34)29(22-13-4-1-5-14-22,23-15-6-2-7-16-23)24-17-8-3-9-18-24/h1-19,26H,20H2,(H,31,34)(H,32,33)/t26-/m1/s1. The van der Waals surface area contributed by atoms with Crippen molar-refractivity contribution >= 4 is 23.5 Å². The number of benzene rings is 4. The van der Waals surface area contributed by atoms with Crippen LogP contribution in [0.5, 0.6) is 0 Å². The Labute approximate surface area is 203 Å². The summed E-state index contributed by atoms with van der Waals surface area (Å²) in [6.07, 6.45) is 0.0647. The molecular formula is C29H24ClNO3. The molecule has 4 aromatic rings. The van der Waals surface area contributed by atoms with E-state index in [1.54, 1.807) is 24.3 Å². The number of carboxylic acid groups (broad SMARTS) is 1. The van der Waals surface area contributed by atoms with E-state index in [0.717, 1.165) is 16.7 Å². The molecule has 0 aromatic heterocycles. The van der Waals surface area contributed by atoms with Crippen LogP contribution in [0.15, 0.2) is 115 Å². The molecule has 4 nitrogen and oxygen atoms in total. The summed E-state index contributed by atoms with van der Waals surface area (Å²) < 4.78 is 0. The fraction of sp³-hybridized carbons (Fsp3) is 0.103. The Balaban J connectivity index is 1.85. The zero-order valence-corrected chi connectivity index (χ0v) is 19.2. The van der Waals surface area contributed by atoms with E-state index in [1.165, 1.54) is 0 Å². The van der Waals surface area contributed by atoms with Crippen molar-refractivity contribution in [3.8, 4) is 0 Å². The minimum absolute atomic E-state index is 0.0647. The third-order valence-electron chi connectivity index (χ3n) is 5.95. The van der Waals surface area contributed by atoms with E-state index in [-0.39, 0.29) is 6.42 Å². The van der Waals surface area contributed by atoms with E-state index < -0.39 is 23.3 Å². The number of hydrogen-bond donors (Lipinski definition) is 2. The molecule has 0 spiro atoms. The number of aliphatic carboxylic acids is 1. The zero-order chi connectivity index (χ0) is 24.0. The number of nitrogens with one attached hydrogen (secondary N) is 1. The van der Waals surface area contributed by atoms with Gasteiger partial charge in [-0.15, -0.1) is 0 Å². The molecule has 0 aliphatic heterocycles. The minimum atomic E-state index is -1.25. The van der Waals surface area contributed by atoms with Crippen molar-refractivity contribution < 1.29 is 14.7 Å². The molecule has 0 aliphatic carbocycles. The number of carbonyl (C=O) groups excluding carboxylic acids is 1. The molecule has 0 unspecified atom stereocenters. The summed E-state index contributed by atoms with van der Waals surface area (Å²) in [6.45, 7) is 0. The van der Waals surface area contributed by atoms with Crippen LogP contribution in [0.1, 0.15) is 22.3 Å². The molecule has 4 rings (SSSR count). The fourth-order valence-electron chi connectivity index (χ4n) is 4.31. The van der Waals surface area contributed by atoms with Crippen LogP contribution >= 0.6 is 11.6 Å². The van der Waals surface area contributed by atoms with Crippen molar-refractivity contribution in [3.05, 3.63) is 143 Å². The number of halogens is 1. The first-order valence-corrected chi connectivity index (χ1v) is 11.3. The van der Waals surface area contributed by atoms with Crippen molar-refractivity contribution in [2.24, 2.45) is 0 Å². The van der Waals surface area contributed by atoms with Gasteiger partial charge in [0, 0.05) is 11.4 Å². The zero-order valence-electron chi connectivity index (χ0n) is 18.4. The van der Waals surface area contributed by atoms with Crippen molar-refractivity contribution in [1.29, 1.82) is 0 Å². The maximum atomic E-state index is 14.2. The SMILES string of the molecule is O=C(O)[C@@H](Cc1ccccc1Cl)NC(=O)C(c1ccccc1)(c1ccccc1)c1ccccc1. The average molecular weight is 470 g/mol. The van der Waals surface area contributed by atoms with Crippen molar-refractivity contribution in [2.45, 2.75) is 17.9 Å². The quantitative estimate of drug-likeness (QED) is 0.335. The van der Waals surface area contributed by atoms with Crippen molar-refractivity contribution in [1.82, 2.24) is 5.32 Å². The summed E-state index contributed by atoms with van der Waals surface area (Å²) in [5.74, 6) is -1.55. The van der Waals surface area contributed by atoms with Crippen LogP contribution in [0.3, 0.4) is 0 Å². The maximum absolute atomic E-state index is 14.2. The molecule has 170 valence electrons. The van der Waals surface area contributed by atoms with Crippen molar-refractivity contribution in [2.75, 3.05) is 0 Å². The van der Waals surface area contributed by atoms with Gasteiger partial charge in [0.2, 0.25) is 5.91 Å². The third-order valence-corrected chi connectivity index (χ3v) is 6.32. The Morgan fingerprint density at radius 2 is 1.12 bits per heavy atom. The molecule has 0 aliphatic rings. The van der Waals surface area contributed by atoms with E-state index in [1.807, 2.05) is 91.0 Å². The lowest BCUT2D eigenvalue weighted by atomic mass is 9.68. The topological polar surface area (TPSA) is 66.4 Å². The van der Waals surface area contributed by atoms with E-state index in [9.17, 15) is 14.7 Å². The summed E-state index contributed by atoms with van der Waals surface area (Å²) >= 11 is 6.28. The smallest absolute Gasteiger partial charge is 0.326 e. The molecule has 1 atom stereocenters. The average Bonchev–Trinajstić information content (AvgIpc) is 2.87. The second kappa shape index (κ2) is 10.4. The van der Waals surface area contributed by atoms with Crippen LogP contribution in [-0.2, 0) is 21.4 Å². The molecule has 0 saturated carbocycles. The first-order chi connectivity index (χ1) is 16.5.